The molecule has 1 N–H and O–H groups in total. The number of hydrogen-bond acceptors (Lipinski definition) is 4. The monoisotopic (exact) mass is 277 g/mol. The Labute approximate surface area is 115 Å². The van der Waals surface area contributed by atoms with Gasteiger partial charge in [0, 0.05) is 29.1 Å². The van der Waals surface area contributed by atoms with Crippen LogP contribution in [0.5, 0.6) is 0 Å². The van der Waals surface area contributed by atoms with Gasteiger partial charge in [-0.1, -0.05) is 6.92 Å². The summed E-state index contributed by atoms with van der Waals surface area (Å²) in [7, 11) is 0. The molecule has 19 heavy (non-hydrogen) atoms. The van der Waals surface area contributed by atoms with Crippen molar-refractivity contribution < 1.29 is 4.39 Å². The van der Waals surface area contributed by atoms with E-state index in [1.807, 2.05) is 0 Å². The summed E-state index contributed by atoms with van der Waals surface area (Å²) in [6, 6.07) is 1.70. The average Bonchev–Trinajstić information content (AvgIpc) is 3.18. The zero-order valence-corrected chi connectivity index (χ0v) is 11.6. The lowest BCUT2D eigenvalue weighted by Gasteiger charge is -2.00. The molecule has 2 aromatic heterocycles. The summed E-state index contributed by atoms with van der Waals surface area (Å²) in [5.74, 6) is 0.289. The maximum Gasteiger partial charge on any atom is 0.151 e. The molecule has 1 aliphatic rings. The summed E-state index contributed by atoms with van der Waals surface area (Å²) in [5.41, 5.74) is 1.72. The van der Waals surface area contributed by atoms with E-state index in [0.717, 1.165) is 23.8 Å². The highest BCUT2D eigenvalue weighted by Crippen LogP contribution is 2.44. The normalized spacial score (nSPS) is 14.8. The van der Waals surface area contributed by atoms with Gasteiger partial charge in [0.2, 0.25) is 0 Å². The summed E-state index contributed by atoms with van der Waals surface area (Å²) < 4.78 is 13.8. The predicted molar refractivity (Wildman–Crippen MR) is 74.7 cm³/mol. The van der Waals surface area contributed by atoms with Gasteiger partial charge in [-0.05, 0) is 25.5 Å². The topological polar surface area (TPSA) is 37.8 Å². The van der Waals surface area contributed by atoms with E-state index in [2.05, 4.69) is 22.2 Å². The number of hydrogen-bond donors (Lipinski definition) is 1. The van der Waals surface area contributed by atoms with Gasteiger partial charge in [-0.2, -0.15) is 0 Å². The maximum atomic E-state index is 13.8. The highest BCUT2D eigenvalue weighted by molar-refractivity contribution is 7.15. The van der Waals surface area contributed by atoms with Crippen LogP contribution < -0.4 is 5.32 Å². The first kappa shape index (κ1) is 12.7. The van der Waals surface area contributed by atoms with Crippen LogP contribution in [0.2, 0.25) is 0 Å². The molecule has 0 spiro atoms. The van der Waals surface area contributed by atoms with Crippen LogP contribution in [-0.2, 0) is 6.54 Å². The van der Waals surface area contributed by atoms with E-state index in [-0.39, 0.29) is 5.82 Å². The van der Waals surface area contributed by atoms with E-state index in [1.165, 1.54) is 23.9 Å². The molecular weight excluding hydrogens is 261 g/mol. The maximum absolute atomic E-state index is 13.8. The van der Waals surface area contributed by atoms with Gasteiger partial charge in [0.25, 0.3) is 0 Å². The highest BCUT2D eigenvalue weighted by atomic mass is 32.1. The molecule has 5 heteroatoms. The van der Waals surface area contributed by atoms with Gasteiger partial charge < -0.3 is 5.32 Å². The molecule has 0 unspecified atom stereocenters. The Morgan fingerprint density at radius 1 is 1.47 bits per heavy atom. The first-order valence-corrected chi connectivity index (χ1v) is 7.41. The van der Waals surface area contributed by atoms with E-state index in [9.17, 15) is 4.39 Å². The second-order valence-electron chi connectivity index (χ2n) is 4.74. The minimum Gasteiger partial charge on any atom is -0.312 e. The summed E-state index contributed by atoms with van der Waals surface area (Å²) in [6.45, 7) is 3.84. The molecule has 0 bridgehead atoms. The standard InChI is InChI=1S/C14H16FN3S/c1-2-16-8-12-13(9-3-4-9)18-14(19-12)10-5-6-17-7-11(10)15/h5-7,9,16H,2-4,8H2,1H3. The third-order valence-corrected chi connectivity index (χ3v) is 4.33. The molecule has 1 aliphatic carbocycles. The second-order valence-corrected chi connectivity index (χ2v) is 5.82. The number of thiazole rings is 1. The molecule has 1 saturated carbocycles. The molecule has 0 aliphatic heterocycles. The SMILES string of the molecule is CCNCc1sc(-c2ccncc2F)nc1C1CC1. The van der Waals surface area contributed by atoms with E-state index in [0.29, 0.717) is 11.5 Å². The minimum atomic E-state index is -0.298. The first-order chi connectivity index (χ1) is 9.29. The van der Waals surface area contributed by atoms with Gasteiger partial charge >= 0.3 is 0 Å². The second kappa shape index (κ2) is 5.35. The van der Waals surface area contributed by atoms with E-state index in [1.54, 1.807) is 23.6 Å². The van der Waals surface area contributed by atoms with Crippen molar-refractivity contribution in [2.45, 2.75) is 32.2 Å². The van der Waals surface area contributed by atoms with Crippen LogP contribution in [0.3, 0.4) is 0 Å². The molecule has 3 rings (SSSR count). The van der Waals surface area contributed by atoms with Crippen molar-refractivity contribution in [1.29, 1.82) is 0 Å². The number of nitrogens with zero attached hydrogens (tertiary/aromatic N) is 2. The van der Waals surface area contributed by atoms with Crippen LogP contribution in [-0.4, -0.2) is 16.5 Å². The Balaban J connectivity index is 1.96. The predicted octanol–water partition coefficient (Wildman–Crippen LogP) is 3.33. The van der Waals surface area contributed by atoms with E-state index < -0.39 is 0 Å². The largest absolute Gasteiger partial charge is 0.312 e. The molecule has 0 aromatic carbocycles. The zero-order chi connectivity index (χ0) is 13.2. The summed E-state index contributed by atoms with van der Waals surface area (Å²) in [6.07, 6.45) is 5.28. The van der Waals surface area contributed by atoms with Crippen LogP contribution >= 0.6 is 11.3 Å². The van der Waals surface area contributed by atoms with Gasteiger partial charge in [0.1, 0.15) is 5.01 Å². The lowest BCUT2D eigenvalue weighted by molar-refractivity contribution is 0.625. The molecule has 1 fully saturated rings. The number of rotatable bonds is 5. The van der Waals surface area contributed by atoms with Gasteiger partial charge in [-0.25, -0.2) is 9.37 Å². The van der Waals surface area contributed by atoms with E-state index >= 15 is 0 Å². The minimum absolute atomic E-state index is 0.298. The quantitative estimate of drug-likeness (QED) is 0.911. The molecule has 2 aromatic rings. The summed E-state index contributed by atoms with van der Waals surface area (Å²) in [5, 5.41) is 4.10. The van der Waals surface area contributed by atoms with Gasteiger partial charge in [-0.15, -0.1) is 11.3 Å². The van der Waals surface area contributed by atoms with Crippen LogP contribution in [0.4, 0.5) is 4.39 Å². The molecule has 0 saturated heterocycles. The Morgan fingerprint density at radius 2 is 2.32 bits per heavy atom. The van der Waals surface area contributed by atoms with Gasteiger partial charge in [0.05, 0.1) is 11.9 Å². The van der Waals surface area contributed by atoms with Crippen LogP contribution in [0.25, 0.3) is 10.6 Å². The number of pyridine rings is 1. The fraction of sp³-hybridized carbons (Fsp3) is 0.429. The van der Waals surface area contributed by atoms with Crippen molar-refractivity contribution in [3.05, 3.63) is 34.8 Å². The number of halogens is 1. The summed E-state index contributed by atoms with van der Waals surface area (Å²) in [4.78, 5) is 9.70. The van der Waals surface area contributed by atoms with Crippen molar-refractivity contribution in [3.8, 4) is 10.6 Å². The molecule has 0 atom stereocenters. The molecule has 3 nitrogen and oxygen atoms in total. The van der Waals surface area contributed by atoms with Crippen LogP contribution in [0.15, 0.2) is 18.5 Å². The summed E-state index contributed by atoms with van der Waals surface area (Å²) >= 11 is 1.59. The third kappa shape index (κ3) is 2.67. The zero-order valence-electron chi connectivity index (χ0n) is 10.8. The number of aromatic nitrogens is 2. The Kier molecular flexibility index (Phi) is 3.57. The fourth-order valence-corrected chi connectivity index (χ4v) is 3.21. The van der Waals surface area contributed by atoms with E-state index in [4.69, 9.17) is 0 Å². The smallest absolute Gasteiger partial charge is 0.151 e. The fourth-order valence-electron chi connectivity index (χ4n) is 2.07. The van der Waals surface area contributed by atoms with Crippen molar-refractivity contribution >= 4 is 11.3 Å². The van der Waals surface area contributed by atoms with Crippen LogP contribution in [0, 0.1) is 5.82 Å². The number of nitrogens with one attached hydrogen (secondary N) is 1. The Hall–Kier alpha value is -1.33. The molecular formula is C14H16FN3S. The van der Waals surface area contributed by atoms with Crippen molar-refractivity contribution in [2.75, 3.05) is 6.54 Å². The van der Waals surface area contributed by atoms with Crippen molar-refractivity contribution in [3.63, 3.8) is 0 Å². The highest BCUT2D eigenvalue weighted by Gasteiger charge is 2.30. The van der Waals surface area contributed by atoms with Gasteiger partial charge in [0.15, 0.2) is 5.82 Å². The van der Waals surface area contributed by atoms with Crippen molar-refractivity contribution in [2.24, 2.45) is 0 Å². The molecule has 0 amide bonds. The first-order valence-electron chi connectivity index (χ1n) is 6.59. The average molecular weight is 277 g/mol. The lowest BCUT2D eigenvalue weighted by Crippen LogP contribution is -2.11. The van der Waals surface area contributed by atoms with Crippen molar-refractivity contribution in [1.82, 2.24) is 15.3 Å². The Bertz CT molecular complexity index is 578. The molecule has 100 valence electrons. The Morgan fingerprint density at radius 3 is 3.00 bits per heavy atom. The third-order valence-electron chi connectivity index (χ3n) is 3.23. The van der Waals surface area contributed by atoms with Gasteiger partial charge in [-0.3, -0.25) is 4.98 Å². The lowest BCUT2D eigenvalue weighted by atomic mass is 10.2. The van der Waals surface area contributed by atoms with Crippen LogP contribution in [0.1, 0.15) is 36.3 Å². The molecule has 0 radical (unpaired) electrons. The molecule has 2 heterocycles.